The first-order valence-electron chi connectivity index (χ1n) is 11.4. The van der Waals surface area contributed by atoms with Crippen molar-refractivity contribution in [2.75, 3.05) is 13.2 Å². The predicted octanol–water partition coefficient (Wildman–Crippen LogP) is 3.15. The fourth-order valence-electron chi connectivity index (χ4n) is 6.68. The van der Waals surface area contributed by atoms with E-state index in [0.717, 1.165) is 59.6 Å². The van der Waals surface area contributed by atoms with E-state index in [9.17, 15) is 9.50 Å². The van der Waals surface area contributed by atoms with Crippen LogP contribution >= 0.6 is 0 Å². The van der Waals surface area contributed by atoms with Gasteiger partial charge < -0.3 is 25.8 Å². The molecule has 0 aromatic rings. The molecule has 0 spiro atoms. The van der Waals surface area contributed by atoms with Gasteiger partial charge in [-0.1, -0.05) is 13.5 Å². The molecular formula is C25H30FN3O2. The third kappa shape index (κ3) is 2.53. The van der Waals surface area contributed by atoms with E-state index in [0.29, 0.717) is 6.61 Å². The number of hydrogen-bond donors (Lipinski definition) is 3. The molecule has 1 saturated carbocycles. The number of hydrogen-bond acceptors (Lipinski definition) is 5. The minimum atomic E-state index is -0.793. The van der Waals surface area contributed by atoms with Crippen molar-refractivity contribution in [3.8, 4) is 0 Å². The molecule has 0 aromatic heterocycles. The van der Waals surface area contributed by atoms with Gasteiger partial charge >= 0.3 is 0 Å². The van der Waals surface area contributed by atoms with Gasteiger partial charge in [0.25, 0.3) is 0 Å². The molecule has 4 N–H and O–H groups in total. The summed E-state index contributed by atoms with van der Waals surface area (Å²) in [5.41, 5.74) is 15.4. The number of allylic oxidation sites excluding steroid dienone is 5. The molecule has 6 atom stereocenters. The second-order valence-corrected chi connectivity index (χ2v) is 9.71. The summed E-state index contributed by atoms with van der Waals surface area (Å²) in [6, 6.07) is -0.0265. The molecule has 4 heterocycles. The molecule has 2 aliphatic carbocycles. The number of rotatable bonds is 1. The fraction of sp³-hybridized carbons (Fsp3) is 0.520. The Labute approximate surface area is 182 Å². The molecule has 6 aliphatic rings. The van der Waals surface area contributed by atoms with Crippen LogP contribution in [0.25, 0.3) is 0 Å². The Bertz CT molecular complexity index is 1050. The number of halogens is 1. The molecule has 6 unspecified atom stereocenters. The smallest absolute Gasteiger partial charge is 0.161 e. The number of fused-ring (bicyclic) bond motifs is 3. The maximum atomic E-state index is 14.8. The summed E-state index contributed by atoms with van der Waals surface area (Å²) in [6.45, 7) is 9.53. The Morgan fingerprint density at radius 3 is 2.94 bits per heavy atom. The molecule has 4 aliphatic heterocycles. The van der Waals surface area contributed by atoms with E-state index in [4.69, 9.17) is 10.5 Å². The van der Waals surface area contributed by atoms with E-state index in [2.05, 4.69) is 29.8 Å². The molecule has 5 nitrogen and oxygen atoms in total. The zero-order valence-electron chi connectivity index (χ0n) is 18.1. The standard InChI is InChI=1S/C25H30FN3O2/c1-4-13-15-7-21-24-16(9-29(21)12(3)17(15)10-31-25(13)30)22-19(27)6-5-14-11(2)18(26)8-20(28-24)23(14)22/h7-8,13-14,19,23-25,28,30H,3-6,9-10,27H2,1-2H3. The summed E-state index contributed by atoms with van der Waals surface area (Å²) in [6.07, 6.45) is 5.70. The Kier molecular flexibility index (Phi) is 4.20. The number of nitrogens with one attached hydrogen (secondary N) is 1. The number of nitrogens with two attached hydrogens (primary N) is 1. The van der Waals surface area contributed by atoms with Gasteiger partial charge in [0.15, 0.2) is 6.29 Å². The van der Waals surface area contributed by atoms with Crippen LogP contribution in [0.1, 0.15) is 33.1 Å². The van der Waals surface area contributed by atoms with Crippen LogP contribution < -0.4 is 11.1 Å². The Morgan fingerprint density at radius 2 is 2.16 bits per heavy atom. The van der Waals surface area contributed by atoms with Crippen LogP contribution in [0.2, 0.25) is 0 Å². The second-order valence-electron chi connectivity index (χ2n) is 9.71. The first-order valence-corrected chi connectivity index (χ1v) is 11.4. The molecule has 1 saturated heterocycles. The minimum Gasteiger partial charge on any atom is -0.376 e. The third-order valence-electron chi connectivity index (χ3n) is 8.35. The van der Waals surface area contributed by atoms with E-state index in [1.54, 1.807) is 6.08 Å². The van der Waals surface area contributed by atoms with E-state index in [1.165, 1.54) is 11.1 Å². The van der Waals surface area contributed by atoms with Crippen LogP contribution in [0.3, 0.4) is 0 Å². The zero-order valence-corrected chi connectivity index (χ0v) is 18.1. The molecule has 164 valence electrons. The molecule has 0 aromatic carbocycles. The van der Waals surface area contributed by atoms with Crippen LogP contribution in [0.15, 0.2) is 69.5 Å². The molecule has 0 radical (unpaired) electrons. The maximum Gasteiger partial charge on any atom is 0.161 e. The average molecular weight is 424 g/mol. The minimum absolute atomic E-state index is 0.00422. The first kappa shape index (κ1) is 19.5. The van der Waals surface area contributed by atoms with Crippen LogP contribution in [0.4, 0.5) is 4.39 Å². The second kappa shape index (κ2) is 6.67. The highest BCUT2D eigenvalue weighted by Gasteiger charge is 2.50. The summed E-state index contributed by atoms with van der Waals surface area (Å²) in [4.78, 5) is 2.26. The van der Waals surface area contributed by atoms with Gasteiger partial charge in [0.2, 0.25) is 0 Å². The number of ether oxygens (including phenoxy) is 1. The number of nitrogens with zero attached hydrogens (tertiary/aromatic N) is 1. The highest BCUT2D eigenvalue weighted by atomic mass is 19.1. The molecular weight excluding hydrogens is 393 g/mol. The normalized spacial score (nSPS) is 38.9. The van der Waals surface area contributed by atoms with E-state index >= 15 is 0 Å². The van der Waals surface area contributed by atoms with Gasteiger partial charge in [-0.2, -0.15) is 0 Å². The summed E-state index contributed by atoms with van der Waals surface area (Å²) >= 11 is 0. The molecule has 6 rings (SSSR count). The summed E-state index contributed by atoms with van der Waals surface area (Å²) < 4.78 is 20.4. The lowest BCUT2D eigenvalue weighted by molar-refractivity contribution is -0.127. The van der Waals surface area contributed by atoms with E-state index < -0.39 is 6.29 Å². The van der Waals surface area contributed by atoms with Crippen molar-refractivity contribution in [2.45, 2.75) is 51.5 Å². The predicted molar refractivity (Wildman–Crippen MR) is 117 cm³/mol. The highest BCUT2D eigenvalue weighted by molar-refractivity contribution is 5.58. The van der Waals surface area contributed by atoms with Crippen molar-refractivity contribution in [3.63, 3.8) is 0 Å². The van der Waals surface area contributed by atoms with Crippen molar-refractivity contribution in [1.82, 2.24) is 10.2 Å². The summed E-state index contributed by atoms with van der Waals surface area (Å²) in [7, 11) is 0. The van der Waals surface area contributed by atoms with Crippen LogP contribution in [0.5, 0.6) is 0 Å². The Morgan fingerprint density at radius 1 is 1.35 bits per heavy atom. The van der Waals surface area contributed by atoms with Crippen molar-refractivity contribution >= 4 is 0 Å². The maximum absolute atomic E-state index is 14.8. The molecule has 0 bridgehead atoms. The molecule has 2 fully saturated rings. The Hall–Kier alpha value is -2.15. The van der Waals surface area contributed by atoms with Gasteiger partial charge in [-0.05, 0) is 66.5 Å². The van der Waals surface area contributed by atoms with Crippen molar-refractivity contribution < 1.29 is 14.2 Å². The summed E-state index contributed by atoms with van der Waals surface area (Å²) in [5, 5.41) is 14.1. The monoisotopic (exact) mass is 423 g/mol. The lowest BCUT2D eigenvalue weighted by Gasteiger charge is -2.46. The van der Waals surface area contributed by atoms with Gasteiger partial charge in [-0.25, -0.2) is 4.39 Å². The van der Waals surface area contributed by atoms with Crippen LogP contribution in [0, 0.1) is 17.8 Å². The van der Waals surface area contributed by atoms with Gasteiger partial charge in [0.05, 0.1) is 12.6 Å². The summed E-state index contributed by atoms with van der Waals surface area (Å²) in [5.74, 6) is 0.162. The highest BCUT2D eigenvalue weighted by Crippen LogP contribution is 2.53. The number of aliphatic hydroxyl groups is 1. The lowest BCUT2D eigenvalue weighted by Crippen LogP contribution is -2.49. The van der Waals surface area contributed by atoms with Crippen molar-refractivity contribution in [3.05, 3.63) is 69.5 Å². The lowest BCUT2D eigenvalue weighted by atomic mass is 9.64. The van der Waals surface area contributed by atoms with Gasteiger partial charge in [0, 0.05) is 47.1 Å². The quantitative estimate of drug-likeness (QED) is 0.565. The SMILES string of the molecule is C=C1C2=C(C=C3C4NC5=CC(F)=C(C)C6CCC(N)C(=C4CN13)C56)C(CC)C(O)OC2. The van der Waals surface area contributed by atoms with Crippen LogP contribution in [-0.4, -0.2) is 41.5 Å². The van der Waals surface area contributed by atoms with E-state index in [-0.39, 0.29) is 35.7 Å². The topological polar surface area (TPSA) is 70.8 Å². The Balaban J connectivity index is 1.49. The third-order valence-corrected chi connectivity index (χ3v) is 8.35. The van der Waals surface area contributed by atoms with E-state index in [1.807, 2.05) is 6.92 Å². The van der Waals surface area contributed by atoms with Crippen molar-refractivity contribution in [1.29, 1.82) is 0 Å². The molecule has 31 heavy (non-hydrogen) atoms. The molecule has 0 amide bonds. The number of aliphatic hydroxyl groups excluding tert-OH is 1. The fourth-order valence-corrected chi connectivity index (χ4v) is 6.68. The van der Waals surface area contributed by atoms with Gasteiger partial charge in [0.1, 0.15) is 5.83 Å². The average Bonchev–Trinajstić information content (AvgIpc) is 3.11. The van der Waals surface area contributed by atoms with Crippen LogP contribution in [-0.2, 0) is 4.74 Å². The molecule has 6 heteroatoms. The van der Waals surface area contributed by atoms with Gasteiger partial charge in [-0.15, -0.1) is 0 Å². The zero-order chi connectivity index (χ0) is 21.6. The van der Waals surface area contributed by atoms with Crippen molar-refractivity contribution in [2.24, 2.45) is 23.5 Å². The first-order chi connectivity index (χ1) is 14.9. The van der Waals surface area contributed by atoms with Gasteiger partial charge in [-0.3, -0.25) is 0 Å². The largest absolute Gasteiger partial charge is 0.376 e.